The van der Waals surface area contributed by atoms with Crippen LogP contribution >= 0.6 is 11.3 Å². The Labute approximate surface area is 190 Å². The number of rotatable bonds is 9. The van der Waals surface area contributed by atoms with Crippen LogP contribution in [0.4, 0.5) is 10.8 Å². The molecule has 32 heavy (non-hydrogen) atoms. The molecule has 6 nitrogen and oxygen atoms in total. The maximum Gasteiger partial charge on any atom is 0.308 e. The monoisotopic (exact) mass is 446 g/mol. The summed E-state index contributed by atoms with van der Waals surface area (Å²) >= 11 is 1.33. The summed E-state index contributed by atoms with van der Waals surface area (Å²) in [6.07, 6.45) is -0.0970. The second kappa shape index (κ2) is 9.98. The molecule has 0 atom stereocenters. The molecule has 1 aromatic heterocycles. The van der Waals surface area contributed by atoms with Gasteiger partial charge >= 0.3 is 5.97 Å². The third-order valence-electron chi connectivity index (χ3n) is 4.53. The topological polar surface area (TPSA) is 80.7 Å². The van der Waals surface area contributed by atoms with E-state index in [-0.39, 0.29) is 6.42 Å². The van der Waals surface area contributed by atoms with Gasteiger partial charge in [0, 0.05) is 16.1 Å². The lowest BCUT2D eigenvalue weighted by Gasteiger charge is -2.07. The molecule has 0 aliphatic heterocycles. The highest BCUT2D eigenvalue weighted by molar-refractivity contribution is 7.16. The SMILES string of the molecule is CCOc1ccc(Nc2nc(-c3ccc(Oc4ccccc4)cc3)c(CC(=O)O)s2)cc1. The van der Waals surface area contributed by atoms with Gasteiger partial charge in [-0.15, -0.1) is 11.3 Å². The first kappa shape index (κ1) is 21.4. The Kier molecular flexibility index (Phi) is 6.67. The number of para-hydroxylation sites is 1. The van der Waals surface area contributed by atoms with Crippen LogP contribution in [0.3, 0.4) is 0 Å². The zero-order valence-corrected chi connectivity index (χ0v) is 18.3. The molecule has 4 rings (SSSR count). The molecule has 0 bridgehead atoms. The summed E-state index contributed by atoms with van der Waals surface area (Å²) in [6.45, 7) is 2.55. The smallest absolute Gasteiger partial charge is 0.308 e. The first-order chi connectivity index (χ1) is 15.6. The molecule has 2 N–H and O–H groups in total. The Balaban J connectivity index is 1.55. The average Bonchev–Trinajstić information content (AvgIpc) is 3.18. The number of aromatic nitrogens is 1. The van der Waals surface area contributed by atoms with Crippen molar-refractivity contribution in [2.75, 3.05) is 11.9 Å². The number of carboxylic acid groups (broad SMARTS) is 1. The third kappa shape index (κ3) is 5.44. The van der Waals surface area contributed by atoms with E-state index in [1.807, 2.05) is 85.8 Å². The second-order valence-corrected chi connectivity index (χ2v) is 7.97. The number of carboxylic acids is 1. The molecule has 0 amide bonds. The summed E-state index contributed by atoms with van der Waals surface area (Å²) in [5, 5.41) is 13.2. The van der Waals surface area contributed by atoms with E-state index >= 15 is 0 Å². The first-order valence-corrected chi connectivity index (χ1v) is 11.0. The van der Waals surface area contributed by atoms with E-state index in [2.05, 4.69) is 10.3 Å². The lowest BCUT2D eigenvalue weighted by Crippen LogP contribution is -1.99. The van der Waals surface area contributed by atoms with Gasteiger partial charge in [-0.2, -0.15) is 0 Å². The van der Waals surface area contributed by atoms with Crippen LogP contribution in [0, 0.1) is 0 Å². The number of benzene rings is 3. The van der Waals surface area contributed by atoms with Crippen LogP contribution in [0.5, 0.6) is 17.2 Å². The minimum absolute atomic E-state index is 0.0970. The molecule has 7 heteroatoms. The molecule has 0 unspecified atom stereocenters. The van der Waals surface area contributed by atoms with Gasteiger partial charge in [0.05, 0.1) is 18.7 Å². The van der Waals surface area contributed by atoms with Gasteiger partial charge in [0.2, 0.25) is 0 Å². The molecule has 4 aromatic rings. The van der Waals surface area contributed by atoms with Crippen LogP contribution in [-0.2, 0) is 11.2 Å². The van der Waals surface area contributed by atoms with Crippen LogP contribution in [0.1, 0.15) is 11.8 Å². The van der Waals surface area contributed by atoms with Crippen LogP contribution in [-0.4, -0.2) is 22.7 Å². The maximum absolute atomic E-state index is 11.4. The average molecular weight is 447 g/mol. The predicted octanol–water partition coefficient (Wildman–Crippen LogP) is 6.37. The highest BCUT2D eigenvalue weighted by Crippen LogP contribution is 2.34. The van der Waals surface area contributed by atoms with E-state index in [9.17, 15) is 9.90 Å². The van der Waals surface area contributed by atoms with E-state index in [4.69, 9.17) is 9.47 Å². The van der Waals surface area contributed by atoms with Gasteiger partial charge in [-0.3, -0.25) is 4.79 Å². The summed E-state index contributed by atoms with van der Waals surface area (Å²) in [4.78, 5) is 16.8. The molecule has 162 valence electrons. The zero-order chi connectivity index (χ0) is 22.3. The van der Waals surface area contributed by atoms with Crippen molar-refractivity contribution in [1.82, 2.24) is 4.98 Å². The van der Waals surface area contributed by atoms with E-state index < -0.39 is 5.97 Å². The standard InChI is InChI=1S/C25H22N2O4S/c1-2-30-19-14-10-18(11-15-19)26-25-27-24(22(32-25)16-23(28)29)17-8-12-21(13-9-17)31-20-6-4-3-5-7-20/h3-15H,2,16H2,1H3,(H,26,27)(H,28,29). The molecule has 1 heterocycles. The van der Waals surface area contributed by atoms with Crippen molar-refractivity contribution < 1.29 is 19.4 Å². The molecule has 0 radical (unpaired) electrons. The lowest BCUT2D eigenvalue weighted by molar-refractivity contribution is -0.136. The Morgan fingerprint density at radius 2 is 1.59 bits per heavy atom. The van der Waals surface area contributed by atoms with Gasteiger partial charge < -0.3 is 19.9 Å². The summed E-state index contributed by atoms with van der Waals surface area (Å²) < 4.78 is 11.3. The van der Waals surface area contributed by atoms with Crippen molar-refractivity contribution >= 4 is 28.1 Å². The van der Waals surface area contributed by atoms with Gasteiger partial charge in [-0.05, 0) is 67.6 Å². The first-order valence-electron chi connectivity index (χ1n) is 10.2. The summed E-state index contributed by atoms with van der Waals surface area (Å²) in [5.74, 6) is 1.35. The van der Waals surface area contributed by atoms with Crippen molar-refractivity contribution in [2.45, 2.75) is 13.3 Å². The fourth-order valence-corrected chi connectivity index (χ4v) is 4.11. The quantitative estimate of drug-likeness (QED) is 0.311. The van der Waals surface area contributed by atoms with Crippen molar-refractivity contribution in [3.63, 3.8) is 0 Å². The van der Waals surface area contributed by atoms with Gasteiger partial charge in [-0.25, -0.2) is 4.98 Å². The molecular weight excluding hydrogens is 424 g/mol. The van der Waals surface area contributed by atoms with Crippen LogP contribution in [0.2, 0.25) is 0 Å². The van der Waals surface area contributed by atoms with E-state index in [0.717, 1.165) is 22.7 Å². The van der Waals surface area contributed by atoms with Crippen LogP contribution in [0.15, 0.2) is 78.9 Å². The van der Waals surface area contributed by atoms with Gasteiger partial charge in [0.1, 0.15) is 17.2 Å². The number of aliphatic carboxylic acids is 1. The fourth-order valence-electron chi connectivity index (χ4n) is 3.12. The normalized spacial score (nSPS) is 10.5. The predicted molar refractivity (Wildman–Crippen MR) is 126 cm³/mol. The van der Waals surface area contributed by atoms with Gasteiger partial charge in [-0.1, -0.05) is 18.2 Å². The van der Waals surface area contributed by atoms with Gasteiger partial charge in [0.25, 0.3) is 0 Å². The molecular formula is C25H22N2O4S. The number of hydrogen-bond donors (Lipinski definition) is 2. The number of nitrogens with zero attached hydrogens (tertiary/aromatic N) is 1. The minimum atomic E-state index is -0.897. The molecule has 0 aliphatic carbocycles. The summed E-state index contributed by atoms with van der Waals surface area (Å²) in [7, 11) is 0. The van der Waals surface area contributed by atoms with Crippen molar-refractivity contribution in [3.05, 3.63) is 83.7 Å². The maximum atomic E-state index is 11.4. The van der Waals surface area contributed by atoms with Crippen molar-refractivity contribution in [3.8, 4) is 28.5 Å². The van der Waals surface area contributed by atoms with E-state index in [1.54, 1.807) is 0 Å². The van der Waals surface area contributed by atoms with E-state index in [0.29, 0.717) is 28.1 Å². The minimum Gasteiger partial charge on any atom is -0.494 e. The molecule has 0 saturated heterocycles. The lowest BCUT2D eigenvalue weighted by atomic mass is 10.1. The summed E-state index contributed by atoms with van der Waals surface area (Å²) in [6, 6.07) is 24.6. The largest absolute Gasteiger partial charge is 0.494 e. The molecule has 0 fully saturated rings. The molecule has 0 spiro atoms. The Morgan fingerprint density at radius 1 is 0.938 bits per heavy atom. The van der Waals surface area contributed by atoms with Crippen LogP contribution in [0.25, 0.3) is 11.3 Å². The van der Waals surface area contributed by atoms with Gasteiger partial charge in [0.15, 0.2) is 5.13 Å². The van der Waals surface area contributed by atoms with E-state index in [1.165, 1.54) is 11.3 Å². The molecule has 3 aromatic carbocycles. The molecule has 0 aliphatic rings. The second-order valence-electron chi connectivity index (χ2n) is 6.88. The Bertz CT molecular complexity index is 1170. The number of carbonyl (C=O) groups is 1. The number of thiazole rings is 1. The number of hydrogen-bond acceptors (Lipinski definition) is 6. The number of anilines is 2. The highest BCUT2D eigenvalue weighted by atomic mass is 32.1. The fraction of sp³-hybridized carbons (Fsp3) is 0.120. The Hall–Kier alpha value is -3.84. The zero-order valence-electron chi connectivity index (χ0n) is 17.4. The van der Waals surface area contributed by atoms with Crippen molar-refractivity contribution in [1.29, 1.82) is 0 Å². The summed E-state index contributed by atoms with van der Waals surface area (Å²) in [5.41, 5.74) is 2.33. The Morgan fingerprint density at radius 3 is 2.25 bits per heavy atom. The van der Waals surface area contributed by atoms with Crippen molar-refractivity contribution in [2.24, 2.45) is 0 Å². The number of nitrogens with one attached hydrogen (secondary N) is 1. The highest BCUT2D eigenvalue weighted by Gasteiger charge is 2.16. The third-order valence-corrected chi connectivity index (χ3v) is 5.50. The van der Waals surface area contributed by atoms with Crippen LogP contribution < -0.4 is 14.8 Å². The number of ether oxygens (including phenoxy) is 2. The molecule has 0 saturated carbocycles.